The number of nitrogens with one attached hydrogen (secondary N) is 4. The third-order valence-electron chi connectivity index (χ3n) is 6.41. The van der Waals surface area contributed by atoms with Crippen LogP contribution < -0.4 is 30.7 Å². The first-order valence-electron chi connectivity index (χ1n) is 12.4. The molecular formula is C27H35N7O4S2. The second kappa shape index (κ2) is 11.1. The molecule has 0 unspecified atom stereocenters. The number of carbonyl (C=O) groups is 1. The molecule has 2 heterocycles. The van der Waals surface area contributed by atoms with Crippen molar-refractivity contribution in [2.24, 2.45) is 7.05 Å². The van der Waals surface area contributed by atoms with E-state index in [1.54, 1.807) is 42.2 Å². The summed E-state index contributed by atoms with van der Waals surface area (Å²) in [4.78, 5) is 17.9. The maximum atomic E-state index is 13.5. The van der Waals surface area contributed by atoms with Gasteiger partial charge in [0.25, 0.3) is 5.91 Å². The molecule has 0 atom stereocenters. The van der Waals surface area contributed by atoms with Crippen LogP contribution in [0.4, 0.5) is 17.1 Å². The number of aromatic nitrogens is 2. The van der Waals surface area contributed by atoms with E-state index in [1.165, 1.54) is 7.11 Å². The minimum Gasteiger partial charge on any atom is -0.492 e. The molecule has 0 fully saturated rings. The number of hydrogen-bond acceptors (Lipinski definition) is 9. The maximum Gasteiger partial charge on any atom is 0.255 e. The molecule has 1 aliphatic heterocycles. The molecule has 0 saturated carbocycles. The molecule has 214 valence electrons. The number of sulfonamides is 1. The number of ether oxygens (including phenoxy) is 1. The van der Waals surface area contributed by atoms with Gasteiger partial charge in [-0.3, -0.25) is 20.0 Å². The molecule has 2 aromatic carbocycles. The van der Waals surface area contributed by atoms with Crippen LogP contribution in [-0.2, 0) is 22.5 Å². The Hall–Kier alpha value is -3.68. The zero-order chi connectivity index (χ0) is 29.4. The summed E-state index contributed by atoms with van der Waals surface area (Å²) in [7, 11) is -0.206. The lowest BCUT2D eigenvalue weighted by Crippen LogP contribution is -2.36. The van der Waals surface area contributed by atoms with Crippen molar-refractivity contribution in [3.8, 4) is 5.75 Å². The third-order valence-corrected chi connectivity index (χ3v) is 7.74. The van der Waals surface area contributed by atoms with Gasteiger partial charge in [0.15, 0.2) is 10.9 Å². The summed E-state index contributed by atoms with van der Waals surface area (Å²) in [5, 5.41) is 5.63. The van der Waals surface area contributed by atoms with E-state index in [0.29, 0.717) is 11.3 Å². The number of thioether (sulfide) groups is 1. The standard InChI is InChI=1S/C27H35N7O4S2/c1-16-9-10-17(11-22(16)34-15-21(30-32-34)23-14-28-26(39-7)33(23)5)25(35)29-19-12-18(27(2,3)4)13-20(24(19)38-6)31-40(8,36)37/h9-15,30-32H,1-8H3,(H,29,35). The smallest absolute Gasteiger partial charge is 0.255 e. The van der Waals surface area contributed by atoms with Gasteiger partial charge in [-0.25, -0.2) is 13.4 Å². The van der Waals surface area contributed by atoms with Crippen LogP contribution in [0.25, 0.3) is 5.70 Å². The molecule has 4 rings (SSSR count). The molecule has 0 saturated heterocycles. The number of carbonyl (C=O) groups excluding carboxylic acids is 1. The molecule has 0 spiro atoms. The molecule has 13 heteroatoms. The van der Waals surface area contributed by atoms with Crippen molar-refractivity contribution >= 4 is 50.5 Å². The summed E-state index contributed by atoms with van der Waals surface area (Å²) < 4.78 is 34.1. The summed E-state index contributed by atoms with van der Waals surface area (Å²) in [6.45, 7) is 7.97. The molecule has 0 radical (unpaired) electrons. The van der Waals surface area contributed by atoms with Gasteiger partial charge in [0.1, 0.15) is 0 Å². The Morgan fingerprint density at radius 3 is 2.45 bits per heavy atom. The highest BCUT2D eigenvalue weighted by atomic mass is 32.2. The maximum absolute atomic E-state index is 13.5. The third kappa shape index (κ3) is 6.21. The molecule has 1 aromatic heterocycles. The van der Waals surface area contributed by atoms with Gasteiger partial charge in [0, 0.05) is 12.6 Å². The molecule has 40 heavy (non-hydrogen) atoms. The average molecular weight is 586 g/mol. The Balaban J connectivity index is 1.67. The van der Waals surface area contributed by atoms with E-state index < -0.39 is 10.0 Å². The van der Waals surface area contributed by atoms with Gasteiger partial charge in [-0.15, -0.1) is 5.53 Å². The minimum absolute atomic E-state index is 0.220. The first-order valence-corrected chi connectivity index (χ1v) is 15.5. The van der Waals surface area contributed by atoms with Crippen LogP contribution >= 0.6 is 11.8 Å². The van der Waals surface area contributed by atoms with Crippen molar-refractivity contribution in [3.05, 3.63) is 65.1 Å². The Labute approximate surface area is 239 Å². The molecule has 4 N–H and O–H groups in total. The predicted octanol–water partition coefficient (Wildman–Crippen LogP) is 4.21. The highest BCUT2D eigenvalue weighted by Gasteiger charge is 2.24. The second-order valence-electron chi connectivity index (χ2n) is 10.5. The van der Waals surface area contributed by atoms with Crippen LogP contribution in [0.5, 0.6) is 5.75 Å². The van der Waals surface area contributed by atoms with Crippen molar-refractivity contribution in [1.29, 1.82) is 0 Å². The fourth-order valence-electron chi connectivity index (χ4n) is 4.26. The number of hydrazine groups is 2. The molecule has 0 bridgehead atoms. The highest BCUT2D eigenvalue weighted by molar-refractivity contribution is 7.98. The Bertz CT molecular complexity index is 1590. The molecule has 3 aromatic rings. The van der Waals surface area contributed by atoms with Gasteiger partial charge in [-0.05, 0) is 54.0 Å². The summed E-state index contributed by atoms with van der Waals surface area (Å²) in [5.41, 5.74) is 11.3. The molecule has 1 amide bonds. The van der Waals surface area contributed by atoms with Crippen molar-refractivity contribution in [2.45, 2.75) is 38.3 Å². The summed E-state index contributed by atoms with van der Waals surface area (Å²) in [5.74, 6) is -0.151. The van der Waals surface area contributed by atoms with Crippen molar-refractivity contribution in [1.82, 2.24) is 20.5 Å². The number of imidazole rings is 1. The van der Waals surface area contributed by atoms with Crippen LogP contribution in [0.3, 0.4) is 0 Å². The highest BCUT2D eigenvalue weighted by Crippen LogP contribution is 2.39. The molecular weight excluding hydrogens is 550 g/mol. The first-order chi connectivity index (χ1) is 18.7. The van der Waals surface area contributed by atoms with Crippen molar-refractivity contribution in [3.63, 3.8) is 0 Å². The lowest BCUT2D eigenvalue weighted by Gasteiger charge is -2.24. The lowest BCUT2D eigenvalue weighted by molar-refractivity contribution is 0.102. The van der Waals surface area contributed by atoms with E-state index in [-0.39, 0.29) is 22.8 Å². The van der Waals surface area contributed by atoms with Crippen LogP contribution in [0.1, 0.15) is 48.0 Å². The number of rotatable bonds is 8. The van der Waals surface area contributed by atoms with Crippen molar-refractivity contribution < 1.29 is 17.9 Å². The number of hydrogen-bond donors (Lipinski definition) is 4. The number of nitrogens with zero attached hydrogens (tertiary/aromatic N) is 3. The fourth-order valence-corrected chi connectivity index (χ4v) is 5.34. The van der Waals surface area contributed by atoms with Crippen LogP contribution in [0.15, 0.2) is 47.9 Å². The number of amides is 1. The van der Waals surface area contributed by atoms with Crippen molar-refractivity contribution in [2.75, 3.05) is 34.7 Å². The molecule has 0 aliphatic carbocycles. The quantitative estimate of drug-likeness (QED) is 0.287. The topological polar surface area (TPSA) is 130 Å². The fraction of sp³-hybridized carbons (Fsp3) is 0.333. The van der Waals surface area contributed by atoms with Gasteiger partial charge in [-0.1, -0.05) is 38.6 Å². The Morgan fingerprint density at radius 1 is 1.15 bits per heavy atom. The normalized spacial score (nSPS) is 13.6. The van der Waals surface area contributed by atoms with Crippen LogP contribution in [-0.4, -0.2) is 43.5 Å². The number of methoxy groups -OCH3 is 1. The summed E-state index contributed by atoms with van der Waals surface area (Å²) in [6.07, 6.45) is 6.76. The second-order valence-corrected chi connectivity index (χ2v) is 13.0. The zero-order valence-corrected chi connectivity index (χ0v) is 25.5. The van der Waals surface area contributed by atoms with E-state index in [9.17, 15) is 13.2 Å². The molecule has 11 nitrogen and oxygen atoms in total. The van der Waals surface area contributed by atoms with Gasteiger partial charge < -0.3 is 14.6 Å². The average Bonchev–Trinajstić information content (AvgIpc) is 3.49. The number of anilines is 3. The monoisotopic (exact) mass is 585 g/mol. The van der Waals surface area contributed by atoms with Gasteiger partial charge in [0.2, 0.25) is 10.0 Å². The minimum atomic E-state index is -3.59. The molecule has 1 aliphatic rings. The lowest BCUT2D eigenvalue weighted by atomic mass is 9.86. The Morgan fingerprint density at radius 2 is 1.85 bits per heavy atom. The first kappa shape index (κ1) is 29.3. The van der Waals surface area contributed by atoms with Gasteiger partial charge in [-0.2, -0.15) is 0 Å². The summed E-state index contributed by atoms with van der Waals surface area (Å²) >= 11 is 1.56. The SMILES string of the molecule is COc1c(NC(=O)c2ccc(C)c(N3C=C(c4cnc(SC)n4C)NN3)c2)cc(C(C)(C)C)cc1NS(C)(=O)=O. The number of benzene rings is 2. The van der Waals surface area contributed by atoms with E-state index in [1.807, 2.05) is 62.8 Å². The summed E-state index contributed by atoms with van der Waals surface area (Å²) in [6, 6.07) is 8.92. The zero-order valence-electron chi connectivity index (χ0n) is 23.8. The van der Waals surface area contributed by atoms with E-state index in [4.69, 9.17) is 4.74 Å². The van der Waals surface area contributed by atoms with Crippen LogP contribution in [0.2, 0.25) is 0 Å². The predicted molar refractivity (Wildman–Crippen MR) is 161 cm³/mol. The van der Waals surface area contributed by atoms with Gasteiger partial charge in [0.05, 0.1) is 54.2 Å². The van der Waals surface area contributed by atoms with E-state index in [2.05, 4.69) is 26.0 Å². The van der Waals surface area contributed by atoms with Gasteiger partial charge >= 0.3 is 0 Å². The largest absolute Gasteiger partial charge is 0.492 e. The van der Waals surface area contributed by atoms with Crippen LogP contribution in [0, 0.1) is 6.92 Å². The Kier molecular flexibility index (Phi) is 8.11. The van der Waals surface area contributed by atoms with E-state index >= 15 is 0 Å². The number of aryl methyl sites for hydroxylation is 1. The van der Waals surface area contributed by atoms with E-state index in [0.717, 1.165) is 39.6 Å².